The highest BCUT2D eigenvalue weighted by atomic mass is 32.1. The first-order chi connectivity index (χ1) is 9.03. The van der Waals surface area contributed by atoms with Gasteiger partial charge >= 0.3 is 0 Å². The molecule has 104 valence electrons. The Labute approximate surface area is 118 Å². The molecule has 0 spiro atoms. The Morgan fingerprint density at radius 1 is 1.63 bits per heavy atom. The number of amides is 1. The lowest BCUT2D eigenvalue weighted by atomic mass is 10.2. The number of terminal acetylenes is 1. The van der Waals surface area contributed by atoms with Gasteiger partial charge in [0.2, 0.25) is 0 Å². The molecule has 0 saturated heterocycles. The van der Waals surface area contributed by atoms with Crippen molar-refractivity contribution in [2.24, 2.45) is 0 Å². The summed E-state index contributed by atoms with van der Waals surface area (Å²) < 4.78 is 0. The van der Waals surface area contributed by atoms with E-state index in [1.807, 2.05) is 18.9 Å². The molecule has 1 rings (SSSR count). The lowest BCUT2D eigenvalue weighted by Crippen LogP contribution is -2.33. The molecule has 0 bridgehead atoms. The Morgan fingerprint density at radius 3 is 2.84 bits per heavy atom. The van der Waals surface area contributed by atoms with Gasteiger partial charge in [-0.25, -0.2) is 4.98 Å². The smallest absolute Gasteiger partial charge is 0.266 e. The fourth-order valence-electron chi connectivity index (χ4n) is 1.56. The first kappa shape index (κ1) is 15.3. The summed E-state index contributed by atoms with van der Waals surface area (Å²) in [6, 6.07) is -0.272. The SMILES string of the molecule is C#CC(CC)NC(=O)c1sc(N(C)CCC)nc1N. The molecule has 1 aromatic heterocycles. The van der Waals surface area contributed by atoms with Crippen LogP contribution in [0.2, 0.25) is 0 Å². The average molecular weight is 280 g/mol. The van der Waals surface area contributed by atoms with Gasteiger partial charge in [0.15, 0.2) is 5.13 Å². The minimum atomic E-state index is -0.272. The van der Waals surface area contributed by atoms with Crippen molar-refractivity contribution in [2.45, 2.75) is 32.7 Å². The molecule has 0 aliphatic carbocycles. The summed E-state index contributed by atoms with van der Waals surface area (Å²) in [7, 11) is 1.93. The standard InChI is InChI=1S/C13H20N4OS/c1-5-8-17(4)13-16-11(14)10(19-13)12(18)15-9(6-2)7-3/h2,9H,5,7-8,14H2,1,3-4H3,(H,15,18). The average Bonchev–Trinajstić information content (AvgIpc) is 2.78. The van der Waals surface area contributed by atoms with E-state index >= 15 is 0 Å². The first-order valence-corrected chi connectivity index (χ1v) is 7.09. The fraction of sp³-hybridized carbons (Fsp3) is 0.538. The van der Waals surface area contributed by atoms with Crippen LogP contribution in [-0.2, 0) is 0 Å². The first-order valence-electron chi connectivity index (χ1n) is 6.27. The zero-order valence-corrected chi connectivity index (χ0v) is 12.4. The molecule has 0 aliphatic heterocycles. The van der Waals surface area contributed by atoms with Crippen LogP contribution in [0.4, 0.5) is 10.9 Å². The predicted octanol–water partition coefficient (Wildman–Crippen LogP) is 1.71. The number of hydrogen-bond donors (Lipinski definition) is 2. The molecule has 0 aromatic carbocycles. The molecule has 0 saturated carbocycles. The summed E-state index contributed by atoms with van der Waals surface area (Å²) in [6.45, 7) is 4.87. The Morgan fingerprint density at radius 2 is 2.32 bits per heavy atom. The zero-order valence-electron chi connectivity index (χ0n) is 11.6. The maximum absolute atomic E-state index is 12.1. The van der Waals surface area contributed by atoms with Gasteiger partial charge in [-0.05, 0) is 12.8 Å². The lowest BCUT2D eigenvalue weighted by Gasteiger charge is -2.13. The van der Waals surface area contributed by atoms with Crippen molar-refractivity contribution in [3.63, 3.8) is 0 Å². The van der Waals surface area contributed by atoms with Gasteiger partial charge in [-0.3, -0.25) is 4.79 Å². The van der Waals surface area contributed by atoms with Gasteiger partial charge in [0.25, 0.3) is 5.91 Å². The molecule has 0 fully saturated rings. The quantitative estimate of drug-likeness (QED) is 0.778. The number of nitrogen functional groups attached to an aromatic ring is 1. The number of anilines is 2. The number of carbonyl (C=O) groups excluding carboxylic acids is 1. The maximum atomic E-state index is 12.1. The van der Waals surface area contributed by atoms with Crippen molar-refractivity contribution in [3.8, 4) is 12.3 Å². The molecular weight excluding hydrogens is 260 g/mol. The molecule has 0 aliphatic rings. The summed E-state index contributed by atoms with van der Waals surface area (Å²) in [5.41, 5.74) is 5.80. The summed E-state index contributed by atoms with van der Waals surface area (Å²) in [4.78, 5) is 18.7. The molecule has 1 unspecified atom stereocenters. The Bertz CT molecular complexity index is 477. The molecular formula is C13H20N4OS. The van der Waals surface area contributed by atoms with Gasteiger partial charge in [-0.2, -0.15) is 0 Å². The number of hydrogen-bond acceptors (Lipinski definition) is 5. The van der Waals surface area contributed by atoms with Crippen molar-refractivity contribution < 1.29 is 4.79 Å². The normalized spacial score (nSPS) is 11.7. The summed E-state index contributed by atoms with van der Waals surface area (Å²) >= 11 is 1.29. The Balaban J connectivity index is 2.84. The third kappa shape index (κ3) is 3.86. The maximum Gasteiger partial charge on any atom is 0.266 e. The number of aromatic nitrogens is 1. The topological polar surface area (TPSA) is 71.2 Å². The van der Waals surface area contributed by atoms with Crippen molar-refractivity contribution in [2.75, 3.05) is 24.2 Å². The van der Waals surface area contributed by atoms with Gasteiger partial charge in [-0.1, -0.05) is 31.1 Å². The molecule has 19 heavy (non-hydrogen) atoms. The van der Waals surface area contributed by atoms with Gasteiger partial charge in [0.05, 0.1) is 6.04 Å². The predicted molar refractivity (Wildman–Crippen MR) is 80.5 cm³/mol. The van der Waals surface area contributed by atoms with E-state index < -0.39 is 0 Å². The zero-order chi connectivity index (χ0) is 14.4. The summed E-state index contributed by atoms with van der Waals surface area (Å²) in [5, 5.41) is 3.50. The highest BCUT2D eigenvalue weighted by Gasteiger charge is 2.19. The number of nitrogens with zero attached hydrogens (tertiary/aromatic N) is 2. The largest absolute Gasteiger partial charge is 0.382 e. The van der Waals surface area contributed by atoms with Crippen LogP contribution in [0.25, 0.3) is 0 Å². The van der Waals surface area contributed by atoms with Gasteiger partial charge < -0.3 is 16.0 Å². The van der Waals surface area contributed by atoms with Crippen LogP contribution in [0.5, 0.6) is 0 Å². The third-order valence-corrected chi connectivity index (χ3v) is 3.83. The van der Waals surface area contributed by atoms with E-state index in [9.17, 15) is 4.79 Å². The Hall–Kier alpha value is -1.74. The van der Waals surface area contributed by atoms with E-state index in [0.717, 1.165) is 18.1 Å². The highest BCUT2D eigenvalue weighted by molar-refractivity contribution is 7.18. The third-order valence-electron chi connectivity index (χ3n) is 2.65. The van der Waals surface area contributed by atoms with Crippen LogP contribution >= 0.6 is 11.3 Å². The second-order valence-corrected chi connectivity index (χ2v) is 5.21. The van der Waals surface area contributed by atoms with Crippen molar-refractivity contribution in [1.29, 1.82) is 0 Å². The molecule has 5 nitrogen and oxygen atoms in total. The van der Waals surface area contributed by atoms with Crippen LogP contribution < -0.4 is 16.0 Å². The molecule has 3 N–H and O–H groups in total. The monoisotopic (exact) mass is 280 g/mol. The number of rotatable bonds is 6. The van der Waals surface area contributed by atoms with Crippen LogP contribution in [0.3, 0.4) is 0 Å². The van der Waals surface area contributed by atoms with Gasteiger partial charge in [0.1, 0.15) is 10.7 Å². The van der Waals surface area contributed by atoms with Crippen LogP contribution in [0.15, 0.2) is 0 Å². The van der Waals surface area contributed by atoms with Crippen molar-refractivity contribution in [3.05, 3.63) is 4.88 Å². The Kier molecular flexibility index (Phi) is 5.64. The van der Waals surface area contributed by atoms with E-state index in [1.54, 1.807) is 0 Å². The highest BCUT2D eigenvalue weighted by Crippen LogP contribution is 2.27. The molecule has 1 atom stereocenters. The minimum Gasteiger partial charge on any atom is -0.382 e. The molecule has 1 aromatic rings. The fourth-order valence-corrected chi connectivity index (χ4v) is 2.44. The van der Waals surface area contributed by atoms with Crippen LogP contribution in [0, 0.1) is 12.3 Å². The van der Waals surface area contributed by atoms with Crippen molar-refractivity contribution in [1.82, 2.24) is 10.3 Å². The lowest BCUT2D eigenvalue weighted by molar-refractivity contribution is 0.0950. The van der Waals surface area contributed by atoms with E-state index in [2.05, 4.69) is 23.1 Å². The van der Waals surface area contributed by atoms with Crippen LogP contribution in [-0.4, -0.2) is 30.5 Å². The summed E-state index contributed by atoms with van der Waals surface area (Å²) in [6.07, 6.45) is 7.01. The second kappa shape index (κ2) is 7.00. The minimum absolute atomic E-state index is 0.254. The van der Waals surface area contributed by atoms with Gasteiger partial charge in [0, 0.05) is 13.6 Å². The van der Waals surface area contributed by atoms with Gasteiger partial charge in [-0.15, -0.1) is 6.42 Å². The number of thiazole rings is 1. The van der Waals surface area contributed by atoms with Crippen molar-refractivity contribution >= 4 is 28.2 Å². The molecule has 1 heterocycles. The van der Waals surface area contributed by atoms with E-state index in [1.165, 1.54) is 11.3 Å². The second-order valence-electron chi connectivity index (χ2n) is 4.23. The van der Waals surface area contributed by atoms with Crippen LogP contribution in [0.1, 0.15) is 36.4 Å². The molecule has 6 heteroatoms. The number of carbonyl (C=O) groups is 1. The van der Waals surface area contributed by atoms with E-state index in [-0.39, 0.29) is 17.8 Å². The van der Waals surface area contributed by atoms with E-state index in [0.29, 0.717) is 11.3 Å². The number of nitrogens with one attached hydrogen (secondary N) is 1. The van der Waals surface area contributed by atoms with E-state index in [4.69, 9.17) is 12.2 Å². The molecule has 0 radical (unpaired) electrons. The summed E-state index contributed by atoms with van der Waals surface area (Å²) in [5.74, 6) is 2.53. The molecule has 1 amide bonds. The number of nitrogens with two attached hydrogens (primary N) is 1.